The van der Waals surface area contributed by atoms with Crippen LogP contribution in [0.25, 0.3) is 4.85 Å². The predicted molar refractivity (Wildman–Crippen MR) is 88.7 cm³/mol. The van der Waals surface area contributed by atoms with Gasteiger partial charge in [-0.05, 0) is 4.85 Å². The van der Waals surface area contributed by atoms with Gasteiger partial charge in [0.25, 0.3) is 0 Å². The molecule has 1 aromatic rings. The second-order valence-corrected chi connectivity index (χ2v) is 47.5. The molecule has 0 aliphatic heterocycles. The molecule has 0 fully saturated rings. The van der Waals surface area contributed by atoms with Crippen LogP contribution in [0.1, 0.15) is 0 Å². The van der Waals surface area contributed by atoms with Gasteiger partial charge in [0, 0.05) is 12.1 Å². The van der Waals surface area contributed by atoms with E-state index in [1.165, 1.54) is 0 Å². The topological polar surface area (TPSA) is 4.36 Å². The number of nitrogens with zero attached hydrogens (tertiary/aromatic N) is 1. The molecule has 1 aromatic carbocycles. The van der Waals surface area contributed by atoms with E-state index in [4.69, 9.17) is 79.4 Å². The minimum atomic E-state index is -4.40. The van der Waals surface area contributed by atoms with E-state index in [1.54, 1.807) is 12.1 Å². The Morgan fingerprint density at radius 3 is 1.61 bits per heavy atom. The fourth-order valence-corrected chi connectivity index (χ4v) is 0.757. The van der Waals surface area contributed by atoms with Crippen LogP contribution in [0, 0.1) is 6.07 Å². The van der Waals surface area contributed by atoms with Gasteiger partial charge in [-0.3, -0.25) is 0 Å². The van der Waals surface area contributed by atoms with Crippen molar-refractivity contribution in [3.63, 3.8) is 0 Å². The molecule has 18 heavy (non-hydrogen) atoms. The summed E-state index contributed by atoms with van der Waals surface area (Å²) in [5.74, 6) is 0. The maximum atomic E-state index is 5.41. The van der Waals surface area contributed by atoms with Crippen molar-refractivity contribution >= 4 is 96.5 Å². The van der Waals surface area contributed by atoms with Gasteiger partial charge in [-0.15, -0.1) is 0 Å². The van der Waals surface area contributed by atoms with E-state index in [2.05, 4.69) is 10.9 Å². The number of halogens is 8. The van der Waals surface area contributed by atoms with Crippen LogP contribution in [0.2, 0.25) is 0 Å². The Kier molecular flexibility index (Phi) is 8.51. The Balaban J connectivity index is 0.000000411. The van der Waals surface area contributed by atoms with E-state index in [0.717, 1.165) is 0 Å². The number of benzene rings is 1. The van der Waals surface area contributed by atoms with Crippen molar-refractivity contribution in [2.24, 2.45) is 0 Å². The second-order valence-electron chi connectivity index (χ2n) is 2.77. The SMILES string of the molecule is ClC(Cl)(Cl)C#[N+]c1ccccc1.[Cl][Sn-]([Cl])([Cl])([Cl])[Cl]. The van der Waals surface area contributed by atoms with E-state index in [0.29, 0.717) is 5.69 Å². The molecule has 0 unspecified atom stereocenters. The molecule has 0 aliphatic rings. The van der Waals surface area contributed by atoms with Crippen LogP contribution in [0.5, 0.6) is 0 Å². The van der Waals surface area contributed by atoms with Gasteiger partial charge in [0.15, 0.2) is 0 Å². The minimum absolute atomic E-state index is 0.712. The summed E-state index contributed by atoms with van der Waals surface area (Å²) in [4.78, 5) is 3.83. The Morgan fingerprint density at radius 2 is 1.28 bits per heavy atom. The van der Waals surface area contributed by atoms with Gasteiger partial charge < -0.3 is 0 Å². The number of hydrogen-bond donors (Lipinski definition) is 0. The Labute approximate surface area is 140 Å². The van der Waals surface area contributed by atoms with Crippen molar-refractivity contribution in [3.8, 4) is 6.07 Å². The average molecular weight is 517 g/mol. The van der Waals surface area contributed by atoms with E-state index < -0.39 is 15.2 Å². The number of alkyl halides is 3. The number of hydrogen-bond acceptors (Lipinski definition) is 0. The monoisotopic (exact) mass is 515 g/mol. The standard InChI is InChI=1S/C8H5Cl3N.5ClH.Sn/c9-8(10,11)6-12-7-4-2-1-3-5-7;;;;;;/h1-5H;5*1H;/q+1;;;;;;+4/p-5. The molecule has 1 rings (SSSR count). The summed E-state index contributed by atoms with van der Waals surface area (Å²) in [6.07, 6.45) is 0. The molecule has 0 saturated heterocycles. The summed E-state index contributed by atoms with van der Waals surface area (Å²) >= 11 is 11.8. The maximum absolute atomic E-state index is 5.41. The molecule has 1 nitrogen and oxygen atoms in total. The van der Waals surface area contributed by atoms with Crippen molar-refractivity contribution in [2.75, 3.05) is 0 Å². The third-order valence-electron chi connectivity index (χ3n) is 1.07. The summed E-state index contributed by atoms with van der Waals surface area (Å²) < 4.78 is -1.55. The van der Waals surface area contributed by atoms with Crippen molar-refractivity contribution in [3.05, 3.63) is 35.2 Å². The van der Waals surface area contributed by atoms with E-state index in [9.17, 15) is 0 Å². The first-order chi connectivity index (χ1) is 7.81. The normalized spacial score (nSPS) is 13.2. The Bertz CT molecular complexity index is 418. The molecule has 0 spiro atoms. The molecule has 0 heterocycles. The van der Waals surface area contributed by atoms with Gasteiger partial charge in [0.2, 0.25) is 0 Å². The van der Waals surface area contributed by atoms with Crippen molar-refractivity contribution in [2.45, 2.75) is 3.79 Å². The molecule has 0 atom stereocenters. The van der Waals surface area contributed by atoms with E-state index >= 15 is 0 Å². The molecular weight excluding hydrogens is 512 g/mol. The molecule has 0 saturated carbocycles. The van der Waals surface area contributed by atoms with Crippen LogP contribution in [-0.2, 0) is 0 Å². The quantitative estimate of drug-likeness (QED) is 0.256. The first-order valence-corrected chi connectivity index (χ1v) is 23.3. The van der Waals surface area contributed by atoms with E-state index in [-0.39, 0.29) is 0 Å². The van der Waals surface area contributed by atoms with Gasteiger partial charge >= 0.3 is 71.5 Å². The summed E-state index contributed by atoms with van der Waals surface area (Å²) in [5.41, 5.74) is 0.712. The summed E-state index contributed by atoms with van der Waals surface area (Å²) in [7, 11) is 25.3. The van der Waals surface area contributed by atoms with Crippen LogP contribution < -0.4 is 0 Å². The zero-order valence-electron chi connectivity index (χ0n) is 8.36. The van der Waals surface area contributed by atoms with Gasteiger partial charge in [0.1, 0.15) is 0 Å². The third-order valence-corrected chi connectivity index (χ3v) is 1.32. The van der Waals surface area contributed by atoms with Crippen LogP contribution in [0.4, 0.5) is 5.69 Å². The molecule has 10 heteroatoms. The van der Waals surface area contributed by atoms with E-state index in [1.807, 2.05) is 18.2 Å². The third kappa shape index (κ3) is 20.2. The molecule has 0 N–H and O–H groups in total. The van der Waals surface area contributed by atoms with Crippen LogP contribution in [0.3, 0.4) is 0 Å². The molecule has 0 aliphatic carbocycles. The Hall–Kier alpha value is 1.83. The van der Waals surface area contributed by atoms with Gasteiger partial charge in [-0.25, -0.2) is 0 Å². The van der Waals surface area contributed by atoms with Crippen LogP contribution in [-0.4, -0.2) is 15.2 Å². The Morgan fingerprint density at radius 1 is 0.889 bits per heavy atom. The van der Waals surface area contributed by atoms with Crippen LogP contribution in [0.15, 0.2) is 30.3 Å². The van der Waals surface area contributed by atoms with Gasteiger partial charge in [-0.1, -0.05) is 53.0 Å². The zero-order chi connectivity index (χ0) is 14.5. The average Bonchev–Trinajstić information content (AvgIpc) is 2.11. The molecule has 0 amide bonds. The molecule has 102 valence electrons. The van der Waals surface area contributed by atoms with Crippen molar-refractivity contribution in [1.82, 2.24) is 0 Å². The fourth-order valence-electron chi connectivity index (χ4n) is 0.630. The van der Waals surface area contributed by atoms with Gasteiger partial charge in [0.05, 0.1) is 0 Å². The van der Waals surface area contributed by atoms with Crippen LogP contribution >= 0.6 is 79.4 Å². The number of para-hydroxylation sites is 1. The molecular formula is C8H5Cl8NSn. The summed E-state index contributed by atoms with van der Waals surface area (Å²) in [6.45, 7) is 0. The fraction of sp³-hybridized carbons (Fsp3) is 0.125. The molecule has 0 aromatic heterocycles. The van der Waals surface area contributed by atoms with Gasteiger partial charge in [-0.2, -0.15) is 0 Å². The van der Waals surface area contributed by atoms with Crippen molar-refractivity contribution in [1.29, 1.82) is 0 Å². The van der Waals surface area contributed by atoms with Crippen molar-refractivity contribution < 1.29 is 0 Å². The first-order valence-electron chi connectivity index (χ1n) is 4.12. The first kappa shape index (κ1) is 19.8. The summed E-state index contributed by atoms with van der Waals surface area (Å²) in [6, 6.07) is 11.5. The second kappa shape index (κ2) is 7.73. The molecule has 0 bridgehead atoms. The summed E-state index contributed by atoms with van der Waals surface area (Å²) in [5, 5.41) is 0. The zero-order valence-corrected chi connectivity index (χ0v) is 17.3. The predicted octanol–water partition coefficient (Wildman–Crippen LogP) is 7.09. The number of rotatable bonds is 0. The molecule has 0 radical (unpaired) electrons.